The molecule has 4 N–H and O–H groups in total. The molecule has 0 saturated heterocycles. The van der Waals surface area contributed by atoms with Crippen LogP contribution in [0.3, 0.4) is 0 Å². The highest BCUT2D eigenvalue weighted by atomic mass is 15.9. The SMILES string of the molecule is CCNCC1=CN(N)N(C)N1. The number of hydrazine groups is 3. The summed E-state index contributed by atoms with van der Waals surface area (Å²) in [6, 6.07) is 0. The molecule has 1 aliphatic heterocycles. The van der Waals surface area contributed by atoms with Crippen LogP contribution < -0.4 is 16.6 Å². The lowest BCUT2D eigenvalue weighted by atomic mass is 10.5. The first-order valence-corrected chi connectivity index (χ1v) is 3.69. The molecule has 1 rings (SSSR count). The maximum atomic E-state index is 5.53. The third-order valence-electron chi connectivity index (χ3n) is 1.51. The van der Waals surface area contributed by atoms with Crippen molar-refractivity contribution in [3.05, 3.63) is 11.9 Å². The lowest BCUT2D eigenvalue weighted by Crippen LogP contribution is -2.43. The molecular weight excluding hydrogens is 142 g/mol. The van der Waals surface area contributed by atoms with Gasteiger partial charge < -0.3 is 10.7 Å². The maximum absolute atomic E-state index is 5.53. The van der Waals surface area contributed by atoms with Crippen molar-refractivity contribution in [2.24, 2.45) is 5.84 Å². The van der Waals surface area contributed by atoms with Gasteiger partial charge in [-0.1, -0.05) is 6.92 Å². The summed E-state index contributed by atoms with van der Waals surface area (Å²) >= 11 is 0. The van der Waals surface area contributed by atoms with Crippen LogP contribution in [0.4, 0.5) is 0 Å². The Morgan fingerprint density at radius 1 is 1.73 bits per heavy atom. The molecule has 0 fully saturated rings. The van der Waals surface area contributed by atoms with Gasteiger partial charge in [0.15, 0.2) is 0 Å². The van der Waals surface area contributed by atoms with E-state index in [1.54, 1.807) is 5.12 Å². The summed E-state index contributed by atoms with van der Waals surface area (Å²) in [5.41, 5.74) is 4.15. The van der Waals surface area contributed by atoms with Gasteiger partial charge in [0.05, 0.1) is 11.9 Å². The Balaban J connectivity index is 2.31. The minimum absolute atomic E-state index is 0.828. The molecule has 1 heterocycles. The summed E-state index contributed by atoms with van der Waals surface area (Å²) in [5, 5.41) is 6.41. The molecule has 0 aliphatic carbocycles. The lowest BCUT2D eigenvalue weighted by molar-refractivity contribution is 0.0355. The smallest absolute Gasteiger partial charge is 0.0611 e. The Labute approximate surface area is 66.7 Å². The van der Waals surface area contributed by atoms with Gasteiger partial charge in [-0.25, -0.2) is 11.0 Å². The first-order valence-electron chi connectivity index (χ1n) is 3.69. The van der Waals surface area contributed by atoms with Crippen molar-refractivity contribution in [3.63, 3.8) is 0 Å². The molecule has 11 heavy (non-hydrogen) atoms. The zero-order valence-electron chi connectivity index (χ0n) is 6.96. The summed E-state index contributed by atoms with van der Waals surface area (Å²) in [4.78, 5) is 0. The minimum atomic E-state index is 0.828. The Morgan fingerprint density at radius 2 is 2.45 bits per heavy atom. The molecule has 0 aromatic rings. The van der Waals surface area contributed by atoms with E-state index in [0.29, 0.717) is 0 Å². The first-order chi connectivity index (χ1) is 5.24. The van der Waals surface area contributed by atoms with E-state index in [4.69, 9.17) is 5.84 Å². The lowest BCUT2D eigenvalue weighted by Gasteiger charge is -2.18. The van der Waals surface area contributed by atoms with Gasteiger partial charge in [0.2, 0.25) is 0 Å². The molecule has 0 saturated carbocycles. The van der Waals surface area contributed by atoms with Crippen molar-refractivity contribution in [1.82, 2.24) is 21.0 Å². The molecule has 64 valence electrons. The predicted molar refractivity (Wildman–Crippen MR) is 43.6 cm³/mol. The van der Waals surface area contributed by atoms with Crippen LogP contribution in [-0.2, 0) is 0 Å². The second-order valence-corrected chi connectivity index (χ2v) is 2.45. The van der Waals surface area contributed by atoms with Crippen molar-refractivity contribution in [1.29, 1.82) is 0 Å². The van der Waals surface area contributed by atoms with E-state index >= 15 is 0 Å². The second-order valence-electron chi connectivity index (χ2n) is 2.45. The fourth-order valence-corrected chi connectivity index (χ4v) is 0.886. The van der Waals surface area contributed by atoms with E-state index in [0.717, 1.165) is 18.8 Å². The van der Waals surface area contributed by atoms with Crippen LogP contribution in [0.1, 0.15) is 6.92 Å². The number of hydrogen-bond donors (Lipinski definition) is 3. The molecule has 5 nitrogen and oxygen atoms in total. The van der Waals surface area contributed by atoms with Crippen LogP contribution in [-0.4, -0.2) is 30.4 Å². The predicted octanol–water partition coefficient (Wildman–Crippen LogP) is -1.02. The largest absolute Gasteiger partial charge is 0.311 e. The van der Waals surface area contributed by atoms with E-state index in [2.05, 4.69) is 17.7 Å². The molecule has 0 aromatic carbocycles. The van der Waals surface area contributed by atoms with Gasteiger partial charge in [-0.15, -0.1) is 5.12 Å². The van der Waals surface area contributed by atoms with Crippen molar-refractivity contribution >= 4 is 0 Å². The molecule has 0 spiro atoms. The van der Waals surface area contributed by atoms with E-state index < -0.39 is 0 Å². The second kappa shape index (κ2) is 3.56. The average Bonchev–Trinajstić information content (AvgIpc) is 2.28. The number of nitrogens with one attached hydrogen (secondary N) is 2. The Hall–Kier alpha value is -0.780. The molecule has 1 aliphatic rings. The van der Waals surface area contributed by atoms with Gasteiger partial charge in [-0.3, -0.25) is 0 Å². The number of nitrogens with two attached hydrogens (primary N) is 1. The molecular formula is C6H15N5. The number of rotatable bonds is 3. The topological polar surface area (TPSA) is 56.6 Å². The molecule has 5 heteroatoms. The van der Waals surface area contributed by atoms with Crippen molar-refractivity contribution < 1.29 is 0 Å². The normalized spacial score (nSPS) is 18.5. The first kappa shape index (κ1) is 8.32. The standard InChI is InChI=1S/C6H15N5/c1-3-8-4-6-5-11(7)10(2)9-6/h5,8-9H,3-4,7H2,1-2H3. The van der Waals surface area contributed by atoms with Crippen molar-refractivity contribution in [2.45, 2.75) is 6.92 Å². The van der Waals surface area contributed by atoms with Gasteiger partial charge in [0, 0.05) is 13.6 Å². The highest BCUT2D eigenvalue weighted by Gasteiger charge is 2.12. The maximum Gasteiger partial charge on any atom is 0.0611 e. The molecule has 0 bridgehead atoms. The third-order valence-corrected chi connectivity index (χ3v) is 1.51. The Morgan fingerprint density at radius 3 is 2.91 bits per heavy atom. The van der Waals surface area contributed by atoms with Gasteiger partial charge in [0.1, 0.15) is 0 Å². The zero-order chi connectivity index (χ0) is 8.27. The van der Waals surface area contributed by atoms with E-state index in [9.17, 15) is 0 Å². The molecule has 0 amide bonds. The van der Waals surface area contributed by atoms with E-state index in [-0.39, 0.29) is 0 Å². The fourth-order valence-electron chi connectivity index (χ4n) is 0.886. The number of likely N-dealkylation sites (N-methyl/N-ethyl adjacent to an activating group) is 1. The van der Waals surface area contributed by atoms with Gasteiger partial charge in [0.25, 0.3) is 0 Å². The van der Waals surface area contributed by atoms with Crippen LogP contribution in [0.5, 0.6) is 0 Å². The summed E-state index contributed by atoms with van der Waals surface area (Å²) in [5.74, 6) is 5.53. The van der Waals surface area contributed by atoms with Gasteiger partial charge in [-0.05, 0) is 6.54 Å². The van der Waals surface area contributed by atoms with Crippen LogP contribution in [0.2, 0.25) is 0 Å². The highest BCUT2D eigenvalue weighted by molar-refractivity contribution is 5.02. The highest BCUT2D eigenvalue weighted by Crippen LogP contribution is 2.00. The van der Waals surface area contributed by atoms with Crippen LogP contribution in [0.15, 0.2) is 11.9 Å². The van der Waals surface area contributed by atoms with Gasteiger partial charge in [-0.2, -0.15) is 0 Å². The van der Waals surface area contributed by atoms with Crippen molar-refractivity contribution in [3.8, 4) is 0 Å². The fraction of sp³-hybridized carbons (Fsp3) is 0.667. The summed E-state index contributed by atoms with van der Waals surface area (Å²) in [6.45, 7) is 3.86. The van der Waals surface area contributed by atoms with Crippen LogP contribution >= 0.6 is 0 Å². The quantitative estimate of drug-likeness (QED) is 0.458. The van der Waals surface area contributed by atoms with Gasteiger partial charge >= 0.3 is 0 Å². The average molecular weight is 157 g/mol. The Kier molecular flexibility index (Phi) is 2.70. The molecule has 0 aromatic heterocycles. The summed E-state index contributed by atoms with van der Waals surface area (Å²) in [6.07, 6.45) is 1.85. The molecule has 0 unspecified atom stereocenters. The zero-order valence-corrected chi connectivity index (χ0v) is 6.96. The summed E-state index contributed by atoms with van der Waals surface area (Å²) < 4.78 is 0. The monoisotopic (exact) mass is 157 g/mol. The van der Waals surface area contributed by atoms with Crippen LogP contribution in [0, 0.1) is 0 Å². The van der Waals surface area contributed by atoms with E-state index in [1.165, 1.54) is 5.12 Å². The van der Waals surface area contributed by atoms with Crippen LogP contribution in [0.25, 0.3) is 0 Å². The molecule has 0 radical (unpaired) electrons. The summed E-state index contributed by atoms with van der Waals surface area (Å²) in [7, 11) is 1.86. The minimum Gasteiger partial charge on any atom is -0.311 e. The third kappa shape index (κ3) is 2.07. The molecule has 0 atom stereocenters. The number of nitrogens with zero attached hydrogens (tertiary/aromatic N) is 2. The van der Waals surface area contributed by atoms with Crippen molar-refractivity contribution in [2.75, 3.05) is 20.1 Å². The van der Waals surface area contributed by atoms with E-state index in [1.807, 2.05) is 13.2 Å². The number of hydrogen-bond acceptors (Lipinski definition) is 5. The Bertz CT molecular complexity index is 155.